The molecule has 0 saturated carbocycles. The Morgan fingerprint density at radius 2 is 1.94 bits per heavy atom. The van der Waals surface area contributed by atoms with Crippen LogP contribution in [0.25, 0.3) is 0 Å². The van der Waals surface area contributed by atoms with E-state index in [1.54, 1.807) is 18.2 Å². The third-order valence-electron chi connectivity index (χ3n) is 2.58. The molecule has 0 heterocycles. The van der Waals surface area contributed by atoms with Gasteiger partial charge in [0.25, 0.3) is 0 Å². The van der Waals surface area contributed by atoms with Crippen molar-refractivity contribution in [2.45, 2.75) is 33.8 Å². The van der Waals surface area contributed by atoms with Crippen molar-refractivity contribution in [3.05, 3.63) is 29.8 Å². The lowest BCUT2D eigenvalue weighted by Crippen LogP contribution is -2.18. The molecule has 18 heavy (non-hydrogen) atoms. The van der Waals surface area contributed by atoms with Crippen LogP contribution in [0.5, 0.6) is 5.75 Å². The largest absolute Gasteiger partial charge is 0.491 e. The fraction of sp³-hybridized carbons (Fsp3) is 0.467. The van der Waals surface area contributed by atoms with Crippen molar-refractivity contribution < 1.29 is 9.53 Å². The lowest BCUT2D eigenvalue weighted by molar-refractivity contribution is 0.0923. The number of ketones is 1. The highest BCUT2D eigenvalue weighted by Gasteiger charge is 2.23. The summed E-state index contributed by atoms with van der Waals surface area (Å²) in [5, 5.41) is 9.04. The number of rotatable bonds is 5. The minimum absolute atomic E-state index is 0.0113. The average Bonchev–Trinajstić information content (AvgIpc) is 2.28. The quantitative estimate of drug-likeness (QED) is 0.746. The van der Waals surface area contributed by atoms with Crippen LogP contribution in [0.1, 0.15) is 38.1 Å². The summed E-state index contributed by atoms with van der Waals surface area (Å²) in [7, 11) is 0. The second-order valence-corrected chi connectivity index (χ2v) is 4.91. The highest BCUT2D eigenvalue weighted by Crippen LogP contribution is 2.21. The standard InChI is InChI=1S/C15H19NO2/c1-10(2)14(9-16)15(17)12-6-5-7-13(8-12)18-11(3)4/h5-8,10-11,14H,1-4H3. The van der Waals surface area contributed by atoms with Gasteiger partial charge in [0, 0.05) is 5.56 Å². The number of nitriles is 1. The normalized spacial score (nSPS) is 12.3. The molecule has 0 bridgehead atoms. The van der Waals surface area contributed by atoms with Gasteiger partial charge >= 0.3 is 0 Å². The summed E-state index contributed by atoms with van der Waals surface area (Å²) in [6.07, 6.45) is 0.0622. The first-order valence-corrected chi connectivity index (χ1v) is 6.16. The van der Waals surface area contributed by atoms with E-state index < -0.39 is 5.92 Å². The number of hydrogen-bond donors (Lipinski definition) is 0. The SMILES string of the molecule is CC(C)Oc1cccc(C(=O)C(C#N)C(C)C)c1. The number of ether oxygens (including phenoxy) is 1. The van der Waals surface area contributed by atoms with Crippen molar-refractivity contribution in [3.63, 3.8) is 0 Å². The Morgan fingerprint density at radius 1 is 1.28 bits per heavy atom. The van der Waals surface area contributed by atoms with Gasteiger partial charge in [-0.3, -0.25) is 4.79 Å². The molecule has 0 spiro atoms. The number of Topliss-reactive ketones (excluding diaryl/α,β-unsaturated/α-hetero) is 1. The molecule has 96 valence electrons. The van der Waals surface area contributed by atoms with Crippen LogP contribution in [0.2, 0.25) is 0 Å². The van der Waals surface area contributed by atoms with Crippen LogP contribution in [0.15, 0.2) is 24.3 Å². The van der Waals surface area contributed by atoms with Gasteiger partial charge in [-0.05, 0) is 31.9 Å². The lowest BCUT2D eigenvalue weighted by Gasteiger charge is -2.13. The molecule has 0 radical (unpaired) electrons. The number of carbonyl (C=O) groups is 1. The van der Waals surface area contributed by atoms with E-state index in [1.807, 2.05) is 33.8 Å². The van der Waals surface area contributed by atoms with Gasteiger partial charge in [-0.15, -0.1) is 0 Å². The molecule has 0 N–H and O–H groups in total. The first kappa shape index (κ1) is 14.2. The number of carbonyl (C=O) groups excluding carboxylic acids is 1. The molecule has 3 heteroatoms. The van der Waals surface area contributed by atoms with E-state index in [-0.39, 0.29) is 17.8 Å². The van der Waals surface area contributed by atoms with Gasteiger partial charge < -0.3 is 4.74 Å². The van der Waals surface area contributed by atoms with Crippen LogP contribution in [-0.4, -0.2) is 11.9 Å². The molecule has 1 rings (SSSR count). The summed E-state index contributed by atoms with van der Waals surface area (Å²) < 4.78 is 5.54. The molecule has 1 atom stereocenters. The summed E-state index contributed by atoms with van der Waals surface area (Å²) in [6.45, 7) is 7.61. The summed E-state index contributed by atoms with van der Waals surface area (Å²) in [4.78, 5) is 12.2. The Labute approximate surface area is 108 Å². The number of benzene rings is 1. The van der Waals surface area contributed by atoms with Crippen LogP contribution in [0.4, 0.5) is 0 Å². The van der Waals surface area contributed by atoms with E-state index in [9.17, 15) is 4.79 Å². The van der Waals surface area contributed by atoms with Gasteiger partial charge in [-0.1, -0.05) is 26.0 Å². The maximum Gasteiger partial charge on any atom is 0.180 e. The van der Waals surface area contributed by atoms with E-state index in [0.29, 0.717) is 11.3 Å². The second-order valence-electron chi connectivity index (χ2n) is 4.91. The third kappa shape index (κ3) is 3.59. The molecule has 0 saturated heterocycles. The lowest BCUT2D eigenvalue weighted by atomic mass is 9.89. The number of nitrogens with zero attached hydrogens (tertiary/aromatic N) is 1. The second kappa shape index (κ2) is 6.20. The van der Waals surface area contributed by atoms with Gasteiger partial charge in [-0.25, -0.2) is 0 Å². The topological polar surface area (TPSA) is 50.1 Å². The van der Waals surface area contributed by atoms with Crippen molar-refractivity contribution >= 4 is 5.78 Å². The molecular formula is C15H19NO2. The highest BCUT2D eigenvalue weighted by molar-refractivity contribution is 5.99. The average molecular weight is 245 g/mol. The van der Waals surface area contributed by atoms with E-state index in [0.717, 1.165) is 0 Å². The van der Waals surface area contributed by atoms with Crippen LogP contribution >= 0.6 is 0 Å². The van der Waals surface area contributed by atoms with Crippen LogP contribution in [0, 0.1) is 23.2 Å². The predicted octanol–water partition coefficient (Wildman–Crippen LogP) is 3.45. The fourth-order valence-electron chi connectivity index (χ4n) is 1.68. The van der Waals surface area contributed by atoms with Gasteiger partial charge in [0.15, 0.2) is 5.78 Å². The summed E-state index contributed by atoms with van der Waals surface area (Å²) in [5.74, 6) is -0.0607. The zero-order chi connectivity index (χ0) is 13.7. The van der Waals surface area contributed by atoms with Crippen molar-refractivity contribution in [2.24, 2.45) is 11.8 Å². The zero-order valence-electron chi connectivity index (χ0n) is 11.3. The molecule has 1 aromatic rings. The van der Waals surface area contributed by atoms with Gasteiger partial charge in [0.2, 0.25) is 0 Å². The van der Waals surface area contributed by atoms with E-state index in [1.165, 1.54) is 0 Å². The van der Waals surface area contributed by atoms with Crippen LogP contribution in [0.3, 0.4) is 0 Å². The van der Waals surface area contributed by atoms with Gasteiger partial charge in [-0.2, -0.15) is 5.26 Å². The fourth-order valence-corrected chi connectivity index (χ4v) is 1.68. The molecule has 0 aliphatic rings. The zero-order valence-corrected chi connectivity index (χ0v) is 11.3. The molecule has 1 aromatic carbocycles. The van der Waals surface area contributed by atoms with E-state index >= 15 is 0 Å². The molecule has 1 unspecified atom stereocenters. The maximum atomic E-state index is 12.2. The Hall–Kier alpha value is -1.82. The Balaban J connectivity index is 2.96. The molecular weight excluding hydrogens is 226 g/mol. The molecule has 0 amide bonds. The van der Waals surface area contributed by atoms with Crippen LogP contribution in [-0.2, 0) is 0 Å². The Kier molecular flexibility index (Phi) is 4.91. The highest BCUT2D eigenvalue weighted by atomic mass is 16.5. The van der Waals surface area contributed by atoms with Crippen molar-refractivity contribution in [3.8, 4) is 11.8 Å². The van der Waals surface area contributed by atoms with Crippen molar-refractivity contribution in [2.75, 3.05) is 0 Å². The summed E-state index contributed by atoms with van der Waals surface area (Å²) in [6, 6.07) is 9.09. The molecule has 0 aromatic heterocycles. The first-order valence-electron chi connectivity index (χ1n) is 6.16. The minimum Gasteiger partial charge on any atom is -0.491 e. The molecule has 0 aliphatic heterocycles. The first-order chi connectivity index (χ1) is 8.45. The summed E-state index contributed by atoms with van der Waals surface area (Å²) in [5.41, 5.74) is 0.536. The van der Waals surface area contributed by atoms with Crippen molar-refractivity contribution in [1.82, 2.24) is 0 Å². The number of hydrogen-bond acceptors (Lipinski definition) is 3. The van der Waals surface area contributed by atoms with Crippen LogP contribution < -0.4 is 4.74 Å². The Bertz CT molecular complexity index is 458. The minimum atomic E-state index is -0.598. The Morgan fingerprint density at radius 3 is 2.44 bits per heavy atom. The van der Waals surface area contributed by atoms with Crippen molar-refractivity contribution in [1.29, 1.82) is 5.26 Å². The summed E-state index contributed by atoms with van der Waals surface area (Å²) >= 11 is 0. The van der Waals surface area contributed by atoms with Gasteiger partial charge in [0.05, 0.1) is 12.2 Å². The van der Waals surface area contributed by atoms with E-state index in [4.69, 9.17) is 10.00 Å². The molecule has 0 aliphatic carbocycles. The molecule has 0 fully saturated rings. The smallest absolute Gasteiger partial charge is 0.180 e. The van der Waals surface area contributed by atoms with E-state index in [2.05, 4.69) is 6.07 Å². The predicted molar refractivity (Wildman–Crippen MR) is 70.5 cm³/mol. The molecule has 3 nitrogen and oxygen atoms in total. The van der Waals surface area contributed by atoms with Gasteiger partial charge in [0.1, 0.15) is 11.7 Å². The third-order valence-corrected chi connectivity index (χ3v) is 2.58. The monoisotopic (exact) mass is 245 g/mol. The maximum absolute atomic E-state index is 12.2.